The van der Waals surface area contributed by atoms with Gasteiger partial charge in [-0.2, -0.15) is 0 Å². The third kappa shape index (κ3) is 3.54. The molecule has 2 rings (SSSR count). The van der Waals surface area contributed by atoms with Gasteiger partial charge in [0.25, 0.3) is 5.56 Å². The molecule has 0 aliphatic carbocycles. The molecule has 3 atom stereocenters. The molecule has 0 spiro atoms. The molecule has 112 valence electrons. The molecule has 1 aliphatic heterocycles. The van der Waals surface area contributed by atoms with Crippen molar-refractivity contribution in [2.45, 2.75) is 31.8 Å². The highest BCUT2D eigenvalue weighted by Crippen LogP contribution is 2.43. The fourth-order valence-electron chi connectivity index (χ4n) is 2.16. The molecule has 0 amide bonds. The highest BCUT2D eigenvalue weighted by atomic mass is 31.2. The maximum absolute atomic E-state index is 11.8. The number of aryl methyl sites for hydroxylation is 1. The molecule has 8 nitrogen and oxygen atoms in total. The number of phosphoric ester groups is 1. The van der Waals surface area contributed by atoms with Crippen molar-refractivity contribution in [3.8, 4) is 0 Å². The first-order chi connectivity index (χ1) is 9.30. The van der Waals surface area contributed by atoms with E-state index in [4.69, 9.17) is 14.5 Å². The minimum Gasteiger partial charge on any atom is -0.394 e. The number of aromatic nitrogens is 1. The van der Waals surface area contributed by atoms with E-state index in [1.54, 1.807) is 19.2 Å². The molecule has 1 fully saturated rings. The third-order valence-corrected chi connectivity index (χ3v) is 3.57. The zero-order valence-corrected chi connectivity index (χ0v) is 11.6. The molecule has 0 aromatic carbocycles. The Labute approximate surface area is 114 Å². The minimum absolute atomic E-state index is 0.0691. The minimum atomic E-state index is -4.68. The van der Waals surface area contributed by atoms with Crippen molar-refractivity contribution in [1.82, 2.24) is 4.57 Å². The highest BCUT2D eigenvalue weighted by molar-refractivity contribution is 7.46. The first-order valence-electron chi connectivity index (χ1n) is 5.99. The van der Waals surface area contributed by atoms with Gasteiger partial charge in [-0.05, 0) is 12.5 Å². The van der Waals surface area contributed by atoms with E-state index in [9.17, 15) is 14.5 Å². The van der Waals surface area contributed by atoms with Gasteiger partial charge in [-0.25, -0.2) is 4.57 Å². The van der Waals surface area contributed by atoms with Gasteiger partial charge in [0.05, 0.1) is 6.61 Å². The average molecular weight is 305 g/mol. The predicted octanol–water partition coefficient (Wildman–Crippen LogP) is -0.0856. The van der Waals surface area contributed by atoms with Crippen LogP contribution < -0.4 is 5.56 Å². The molecule has 1 aromatic heterocycles. The van der Waals surface area contributed by atoms with Gasteiger partial charge in [0.1, 0.15) is 18.4 Å². The Bertz CT molecular complexity index is 580. The van der Waals surface area contributed by atoms with Crippen LogP contribution in [0.25, 0.3) is 0 Å². The van der Waals surface area contributed by atoms with Crippen LogP contribution in [0.2, 0.25) is 0 Å². The maximum atomic E-state index is 11.8. The number of pyridine rings is 1. The Kier molecular flexibility index (Phi) is 4.43. The molecular formula is C11H16NO7P. The second kappa shape index (κ2) is 5.77. The van der Waals surface area contributed by atoms with Gasteiger partial charge in [0.15, 0.2) is 0 Å². The molecule has 0 radical (unpaired) electrons. The van der Waals surface area contributed by atoms with Gasteiger partial charge in [-0.1, -0.05) is 6.07 Å². The molecule has 1 aromatic rings. The van der Waals surface area contributed by atoms with Crippen LogP contribution in [0, 0.1) is 6.92 Å². The summed E-state index contributed by atoms with van der Waals surface area (Å²) in [7, 11) is -4.68. The smallest absolute Gasteiger partial charge is 0.394 e. The first-order valence-corrected chi connectivity index (χ1v) is 7.52. The molecule has 1 saturated heterocycles. The lowest BCUT2D eigenvalue weighted by Crippen LogP contribution is -2.27. The predicted molar refractivity (Wildman–Crippen MR) is 68.0 cm³/mol. The maximum Gasteiger partial charge on any atom is 0.469 e. The van der Waals surface area contributed by atoms with E-state index in [0.29, 0.717) is 0 Å². The molecule has 3 N–H and O–H groups in total. The summed E-state index contributed by atoms with van der Waals surface area (Å²) in [5.41, 5.74) is 0.544. The molecule has 9 heteroatoms. The molecule has 2 heterocycles. The largest absolute Gasteiger partial charge is 0.469 e. The summed E-state index contributed by atoms with van der Waals surface area (Å²) in [6.45, 7) is 1.35. The lowest BCUT2D eigenvalue weighted by Gasteiger charge is -2.16. The lowest BCUT2D eigenvalue weighted by atomic mass is 10.2. The van der Waals surface area contributed by atoms with Crippen molar-refractivity contribution in [1.29, 1.82) is 0 Å². The summed E-state index contributed by atoms with van der Waals surface area (Å²) >= 11 is 0. The Morgan fingerprint density at radius 3 is 2.80 bits per heavy atom. The average Bonchev–Trinajstić information content (AvgIpc) is 2.72. The normalized spacial score (nSPS) is 26.9. The standard InChI is InChI=1S/C11H16NO7P/c1-7-2-3-10(14)12(5-7)11-4-8(9(6-13)18-11)19-20(15,16)17/h2-3,5,8-9,11,13H,4,6H2,1H3,(H2,15,16,17)/t8-,9+,11+/m0/s1. The molecule has 20 heavy (non-hydrogen) atoms. The monoisotopic (exact) mass is 305 g/mol. The molecule has 0 unspecified atom stereocenters. The van der Waals surface area contributed by atoms with Crippen molar-refractivity contribution in [2.75, 3.05) is 6.61 Å². The summed E-state index contributed by atoms with van der Waals surface area (Å²) < 4.78 is 22.2. The van der Waals surface area contributed by atoms with Crippen molar-refractivity contribution >= 4 is 7.82 Å². The second-order valence-electron chi connectivity index (χ2n) is 4.63. The number of nitrogens with zero attached hydrogens (tertiary/aromatic N) is 1. The number of hydrogen-bond donors (Lipinski definition) is 3. The van der Waals surface area contributed by atoms with Gasteiger partial charge in [-0.3, -0.25) is 13.9 Å². The van der Waals surface area contributed by atoms with Crippen LogP contribution >= 0.6 is 7.82 Å². The molecular weight excluding hydrogens is 289 g/mol. The van der Waals surface area contributed by atoms with Crippen molar-refractivity contribution in [3.05, 3.63) is 34.2 Å². The SMILES string of the molecule is Cc1ccc(=O)n([C@H]2C[C@H](OP(=O)(O)O)[C@@H](CO)O2)c1. The van der Waals surface area contributed by atoms with Crippen LogP contribution in [0.3, 0.4) is 0 Å². The Hall–Kier alpha value is -1.02. The van der Waals surface area contributed by atoms with Crippen LogP contribution in [0.15, 0.2) is 23.1 Å². The van der Waals surface area contributed by atoms with Crippen LogP contribution in [-0.2, 0) is 13.8 Å². The topological polar surface area (TPSA) is 118 Å². The van der Waals surface area contributed by atoms with E-state index in [-0.39, 0.29) is 12.0 Å². The summed E-state index contributed by atoms with van der Waals surface area (Å²) in [5.74, 6) is 0. The molecule has 0 bridgehead atoms. The second-order valence-corrected chi connectivity index (χ2v) is 5.83. The summed E-state index contributed by atoms with van der Waals surface area (Å²) in [6.07, 6.45) is -0.935. The van der Waals surface area contributed by atoms with Gasteiger partial charge in [0.2, 0.25) is 0 Å². The van der Waals surface area contributed by atoms with Crippen molar-refractivity contribution in [2.24, 2.45) is 0 Å². The lowest BCUT2D eigenvalue weighted by molar-refractivity contribution is -0.0448. The fourth-order valence-corrected chi connectivity index (χ4v) is 2.74. The van der Waals surface area contributed by atoms with E-state index < -0.39 is 32.9 Å². The number of aliphatic hydroxyl groups excluding tert-OH is 1. The van der Waals surface area contributed by atoms with E-state index >= 15 is 0 Å². The van der Waals surface area contributed by atoms with Crippen LogP contribution in [0.4, 0.5) is 0 Å². The van der Waals surface area contributed by atoms with E-state index in [2.05, 4.69) is 4.52 Å². The Balaban J connectivity index is 2.22. The van der Waals surface area contributed by atoms with Crippen LogP contribution in [0.5, 0.6) is 0 Å². The molecule has 0 saturated carbocycles. The van der Waals surface area contributed by atoms with Gasteiger partial charge in [-0.15, -0.1) is 0 Å². The van der Waals surface area contributed by atoms with Crippen molar-refractivity contribution in [3.63, 3.8) is 0 Å². The van der Waals surface area contributed by atoms with Crippen LogP contribution in [-0.4, -0.2) is 38.3 Å². The number of ether oxygens (including phenoxy) is 1. The zero-order valence-electron chi connectivity index (χ0n) is 10.7. The first kappa shape index (κ1) is 15.4. The van der Waals surface area contributed by atoms with Gasteiger partial charge in [0, 0.05) is 18.7 Å². The quantitative estimate of drug-likeness (QED) is 0.665. The summed E-state index contributed by atoms with van der Waals surface area (Å²) in [6, 6.07) is 3.03. The Morgan fingerprint density at radius 2 is 2.20 bits per heavy atom. The summed E-state index contributed by atoms with van der Waals surface area (Å²) in [4.78, 5) is 29.4. The Morgan fingerprint density at radius 1 is 1.50 bits per heavy atom. The highest BCUT2D eigenvalue weighted by Gasteiger charge is 2.40. The number of rotatable bonds is 4. The zero-order chi connectivity index (χ0) is 14.9. The van der Waals surface area contributed by atoms with Crippen LogP contribution in [0.1, 0.15) is 18.2 Å². The fraction of sp³-hybridized carbons (Fsp3) is 0.545. The van der Waals surface area contributed by atoms with E-state index in [1.807, 2.05) is 0 Å². The van der Waals surface area contributed by atoms with E-state index in [1.165, 1.54) is 10.6 Å². The third-order valence-electron chi connectivity index (χ3n) is 3.03. The molecule has 1 aliphatic rings. The van der Waals surface area contributed by atoms with Gasteiger partial charge >= 0.3 is 7.82 Å². The van der Waals surface area contributed by atoms with Crippen molar-refractivity contribution < 1.29 is 28.7 Å². The van der Waals surface area contributed by atoms with Gasteiger partial charge < -0.3 is 19.6 Å². The van der Waals surface area contributed by atoms with E-state index in [0.717, 1.165) is 5.56 Å². The number of phosphoric acid groups is 1. The number of aliphatic hydroxyl groups is 1. The number of hydrogen-bond acceptors (Lipinski definition) is 5. The summed E-state index contributed by atoms with van der Waals surface area (Å²) in [5, 5.41) is 9.18.